The number of nitrogens with zero attached hydrogens (tertiary/aromatic N) is 4. The zero-order valence-corrected chi connectivity index (χ0v) is 13.3. The molecule has 1 fully saturated rings. The number of aryl methyl sites for hydroxylation is 1. The summed E-state index contributed by atoms with van der Waals surface area (Å²) in [5.74, 6) is 0.913. The number of halogens is 3. The molecule has 0 amide bonds. The molecule has 1 aromatic carbocycles. The molecule has 1 saturated heterocycles. The summed E-state index contributed by atoms with van der Waals surface area (Å²) in [5, 5.41) is 2.30. The monoisotopic (exact) mass is 330 g/mol. The van der Waals surface area contributed by atoms with Gasteiger partial charge in [-0.05, 0) is 13.1 Å². The van der Waals surface area contributed by atoms with E-state index in [0.29, 0.717) is 17.8 Å². The highest BCUT2D eigenvalue weighted by molar-refractivity contribution is 6.31. The van der Waals surface area contributed by atoms with Crippen molar-refractivity contribution in [3.8, 4) is 0 Å². The summed E-state index contributed by atoms with van der Waals surface area (Å²) in [6, 6.07) is 3.04. The summed E-state index contributed by atoms with van der Waals surface area (Å²) in [6.45, 7) is 3.69. The minimum Gasteiger partial charge on any atom is -0.308 e. The number of hydrogen-bond donors (Lipinski definition) is 0. The Bertz CT molecular complexity index is 650. The number of benzene rings is 1. The molecule has 7 heteroatoms. The van der Waals surface area contributed by atoms with Gasteiger partial charge in [0.05, 0.1) is 16.1 Å². The van der Waals surface area contributed by atoms with E-state index in [-0.39, 0.29) is 5.02 Å². The molecular formula is C14H17Cl2FN4. The number of alkyl halides is 1. The maximum atomic E-state index is 13.8. The van der Waals surface area contributed by atoms with Crippen molar-refractivity contribution in [1.82, 2.24) is 14.6 Å². The first-order chi connectivity index (χ1) is 10.1. The molecule has 0 N–H and O–H groups in total. The second kappa shape index (κ2) is 5.99. The highest BCUT2D eigenvalue weighted by Crippen LogP contribution is 2.24. The summed E-state index contributed by atoms with van der Waals surface area (Å²) in [6.07, 6.45) is 0.641. The maximum absolute atomic E-state index is 13.8. The number of aromatic nitrogens is 2. The molecule has 0 bridgehead atoms. The Morgan fingerprint density at radius 3 is 2.62 bits per heavy atom. The Morgan fingerprint density at radius 1 is 1.24 bits per heavy atom. The first-order valence-electron chi connectivity index (χ1n) is 6.96. The average Bonchev–Trinajstić information content (AvgIpc) is 2.78. The van der Waals surface area contributed by atoms with E-state index in [1.54, 1.807) is 6.07 Å². The lowest BCUT2D eigenvalue weighted by Crippen LogP contribution is -2.50. The number of imidazole rings is 1. The van der Waals surface area contributed by atoms with Gasteiger partial charge in [-0.2, -0.15) is 0 Å². The van der Waals surface area contributed by atoms with Crippen LogP contribution in [0, 0.1) is 5.82 Å². The molecule has 0 atom stereocenters. The highest BCUT2D eigenvalue weighted by atomic mass is 35.5. The van der Waals surface area contributed by atoms with Crippen LogP contribution in [0.25, 0.3) is 11.0 Å². The van der Waals surface area contributed by atoms with Gasteiger partial charge < -0.3 is 9.91 Å². The van der Waals surface area contributed by atoms with Crippen LogP contribution in [0.2, 0.25) is 5.02 Å². The molecule has 0 aliphatic carbocycles. The smallest absolute Gasteiger partial charge is 0.144 e. The summed E-state index contributed by atoms with van der Waals surface area (Å²) in [7, 11) is 2.10. The molecule has 114 valence electrons. The third-order valence-corrected chi connectivity index (χ3v) is 4.30. The van der Waals surface area contributed by atoms with Crippen LogP contribution in [0.5, 0.6) is 0 Å². The number of rotatable bonds is 3. The fraction of sp³-hybridized carbons (Fsp3) is 0.500. The van der Waals surface area contributed by atoms with E-state index in [1.807, 2.05) is 4.68 Å². The van der Waals surface area contributed by atoms with Gasteiger partial charge in [0.2, 0.25) is 0 Å². The Hall–Kier alpha value is -1.04. The lowest BCUT2D eigenvalue weighted by Gasteiger charge is -2.35. The van der Waals surface area contributed by atoms with Crippen molar-refractivity contribution in [2.75, 3.05) is 44.1 Å². The van der Waals surface area contributed by atoms with Gasteiger partial charge in [0.25, 0.3) is 0 Å². The molecule has 2 aromatic rings. The fourth-order valence-electron chi connectivity index (χ4n) is 2.67. The van der Waals surface area contributed by atoms with E-state index < -0.39 is 5.82 Å². The van der Waals surface area contributed by atoms with E-state index >= 15 is 0 Å². The van der Waals surface area contributed by atoms with E-state index in [4.69, 9.17) is 23.2 Å². The molecule has 1 aliphatic heterocycles. The molecule has 0 spiro atoms. The van der Waals surface area contributed by atoms with Gasteiger partial charge in [0, 0.05) is 44.5 Å². The van der Waals surface area contributed by atoms with Crippen molar-refractivity contribution in [3.63, 3.8) is 0 Å². The normalized spacial score (nSPS) is 16.9. The third-order valence-electron chi connectivity index (χ3n) is 3.82. The Labute approximate surface area is 133 Å². The predicted octanol–water partition coefficient (Wildman–Crippen LogP) is 2.49. The minimum absolute atomic E-state index is 0.1000. The van der Waals surface area contributed by atoms with E-state index in [9.17, 15) is 4.39 Å². The van der Waals surface area contributed by atoms with Crippen molar-refractivity contribution in [2.45, 2.75) is 6.42 Å². The summed E-state index contributed by atoms with van der Waals surface area (Å²) in [5.41, 5.74) is 1.46. The largest absolute Gasteiger partial charge is 0.308 e. The molecule has 3 rings (SSSR count). The van der Waals surface area contributed by atoms with Crippen LogP contribution in [-0.2, 0) is 6.42 Å². The van der Waals surface area contributed by atoms with Crippen LogP contribution in [0.3, 0.4) is 0 Å². The van der Waals surface area contributed by atoms with Gasteiger partial charge in [0.1, 0.15) is 11.6 Å². The van der Waals surface area contributed by atoms with Crippen LogP contribution in [-0.4, -0.2) is 53.7 Å². The zero-order valence-electron chi connectivity index (χ0n) is 11.8. The van der Waals surface area contributed by atoms with Gasteiger partial charge >= 0.3 is 0 Å². The van der Waals surface area contributed by atoms with Gasteiger partial charge in [-0.3, -0.25) is 0 Å². The number of likely N-dealkylation sites (N-methyl/N-ethyl adjacent to an activating group) is 1. The van der Waals surface area contributed by atoms with Crippen LogP contribution in [0.4, 0.5) is 4.39 Å². The average molecular weight is 331 g/mol. The van der Waals surface area contributed by atoms with E-state index in [2.05, 4.69) is 21.9 Å². The fourth-order valence-corrected chi connectivity index (χ4v) is 3.00. The Morgan fingerprint density at radius 2 is 1.95 bits per heavy atom. The molecule has 1 aromatic heterocycles. The molecular weight excluding hydrogens is 314 g/mol. The third kappa shape index (κ3) is 2.82. The Balaban J connectivity index is 2.09. The number of piperazine rings is 1. The van der Waals surface area contributed by atoms with E-state index in [0.717, 1.165) is 37.5 Å². The topological polar surface area (TPSA) is 24.3 Å². The summed E-state index contributed by atoms with van der Waals surface area (Å²) >= 11 is 11.7. The standard InChI is InChI=1S/C14H17Cl2FN4/c1-19-4-6-20(7-5-19)21-13-9-11(17)10(16)8-12(13)18-14(21)2-3-15/h8-9H,2-7H2,1H3. The molecule has 1 aliphatic rings. The van der Waals surface area contributed by atoms with E-state index in [1.165, 1.54) is 6.07 Å². The van der Waals surface area contributed by atoms with Crippen LogP contribution in [0.15, 0.2) is 12.1 Å². The van der Waals surface area contributed by atoms with Crippen LogP contribution < -0.4 is 5.01 Å². The lowest BCUT2D eigenvalue weighted by atomic mass is 10.3. The first-order valence-corrected chi connectivity index (χ1v) is 7.87. The summed E-state index contributed by atoms with van der Waals surface area (Å²) in [4.78, 5) is 6.84. The van der Waals surface area contributed by atoms with Gasteiger partial charge in [-0.1, -0.05) is 11.6 Å². The minimum atomic E-state index is -0.420. The van der Waals surface area contributed by atoms with Crippen LogP contribution in [0.1, 0.15) is 5.82 Å². The molecule has 2 heterocycles. The molecule has 0 saturated carbocycles. The van der Waals surface area contributed by atoms with Crippen molar-refractivity contribution in [1.29, 1.82) is 0 Å². The van der Waals surface area contributed by atoms with Crippen molar-refractivity contribution in [2.24, 2.45) is 0 Å². The second-order valence-electron chi connectivity index (χ2n) is 5.29. The SMILES string of the molecule is CN1CCN(n2c(CCCl)nc3cc(Cl)c(F)cc32)CC1. The zero-order chi connectivity index (χ0) is 15.0. The second-order valence-corrected chi connectivity index (χ2v) is 6.08. The van der Waals surface area contributed by atoms with Gasteiger partial charge in [-0.15, -0.1) is 11.6 Å². The van der Waals surface area contributed by atoms with Crippen molar-refractivity contribution >= 4 is 34.2 Å². The molecule has 4 nitrogen and oxygen atoms in total. The summed E-state index contributed by atoms with van der Waals surface area (Å²) < 4.78 is 15.8. The van der Waals surface area contributed by atoms with Crippen molar-refractivity contribution < 1.29 is 4.39 Å². The molecule has 0 radical (unpaired) electrons. The lowest BCUT2D eigenvalue weighted by molar-refractivity contribution is 0.287. The highest BCUT2D eigenvalue weighted by Gasteiger charge is 2.21. The van der Waals surface area contributed by atoms with Crippen LogP contribution >= 0.6 is 23.2 Å². The van der Waals surface area contributed by atoms with Crippen molar-refractivity contribution in [3.05, 3.63) is 28.8 Å². The van der Waals surface area contributed by atoms with Gasteiger partial charge in [-0.25, -0.2) is 14.1 Å². The maximum Gasteiger partial charge on any atom is 0.144 e. The quantitative estimate of drug-likeness (QED) is 0.808. The first kappa shape index (κ1) is 14.9. The molecule has 0 unspecified atom stereocenters. The Kier molecular flexibility index (Phi) is 4.24. The van der Waals surface area contributed by atoms with Gasteiger partial charge in [0.15, 0.2) is 0 Å². The molecule has 21 heavy (non-hydrogen) atoms. The predicted molar refractivity (Wildman–Crippen MR) is 84.6 cm³/mol. The number of hydrogen-bond acceptors (Lipinski definition) is 3. The number of fused-ring (bicyclic) bond motifs is 1.